The molecule has 0 saturated heterocycles. The van der Waals surface area contributed by atoms with E-state index in [0.717, 1.165) is 4.88 Å². The van der Waals surface area contributed by atoms with E-state index in [1.54, 1.807) is 16.2 Å². The molecule has 0 fully saturated rings. The van der Waals surface area contributed by atoms with Crippen molar-refractivity contribution in [2.45, 2.75) is 13.0 Å². The van der Waals surface area contributed by atoms with Gasteiger partial charge < -0.3 is 15.3 Å². The van der Waals surface area contributed by atoms with Crippen molar-refractivity contribution in [2.24, 2.45) is 0 Å². The van der Waals surface area contributed by atoms with Gasteiger partial charge in [0.15, 0.2) is 0 Å². The Morgan fingerprint density at radius 3 is 2.57 bits per heavy atom. The van der Waals surface area contributed by atoms with Crippen LogP contribution in [0.2, 0.25) is 0 Å². The lowest BCUT2D eigenvalue weighted by molar-refractivity contribution is -0.138. The fourth-order valence-corrected chi connectivity index (χ4v) is 2.58. The molecule has 1 aromatic rings. The Balaban J connectivity index is 2.48. The largest absolute Gasteiger partial charge is 0.480 e. The van der Waals surface area contributed by atoms with Crippen LogP contribution in [-0.4, -0.2) is 67.1 Å². The molecule has 0 bridgehead atoms. The van der Waals surface area contributed by atoms with Crippen LogP contribution in [-0.2, 0) is 9.59 Å². The standard InChI is InChI=1S/C14H23N3O3S/c1-11(12-5-4-8-21-12)15-13(18)9-17(10-14(19)20)7-6-16(2)3/h4-5,8,11H,6-7,9-10H2,1-3H3,(H,15,18)(H,19,20). The van der Waals surface area contributed by atoms with Crippen molar-refractivity contribution in [1.82, 2.24) is 15.1 Å². The van der Waals surface area contributed by atoms with Crippen LogP contribution in [0.5, 0.6) is 0 Å². The van der Waals surface area contributed by atoms with Crippen molar-refractivity contribution in [2.75, 3.05) is 40.3 Å². The van der Waals surface area contributed by atoms with E-state index >= 15 is 0 Å². The van der Waals surface area contributed by atoms with Crippen molar-refractivity contribution < 1.29 is 14.7 Å². The molecular weight excluding hydrogens is 290 g/mol. The maximum Gasteiger partial charge on any atom is 0.317 e. The SMILES string of the molecule is CC(NC(=O)CN(CCN(C)C)CC(=O)O)c1cccs1. The average molecular weight is 313 g/mol. The molecule has 1 aromatic heterocycles. The summed E-state index contributed by atoms with van der Waals surface area (Å²) < 4.78 is 0. The Kier molecular flexibility index (Phi) is 7.35. The van der Waals surface area contributed by atoms with E-state index in [0.29, 0.717) is 13.1 Å². The molecule has 1 atom stereocenters. The lowest BCUT2D eigenvalue weighted by Gasteiger charge is -2.22. The van der Waals surface area contributed by atoms with E-state index in [9.17, 15) is 9.59 Å². The van der Waals surface area contributed by atoms with E-state index in [-0.39, 0.29) is 25.0 Å². The molecule has 21 heavy (non-hydrogen) atoms. The van der Waals surface area contributed by atoms with Gasteiger partial charge in [-0.25, -0.2) is 0 Å². The van der Waals surface area contributed by atoms with Crippen LogP contribution >= 0.6 is 11.3 Å². The summed E-state index contributed by atoms with van der Waals surface area (Å²) in [5.41, 5.74) is 0. The number of nitrogens with one attached hydrogen (secondary N) is 1. The van der Waals surface area contributed by atoms with E-state index < -0.39 is 5.97 Å². The number of rotatable bonds is 9. The zero-order valence-electron chi connectivity index (χ0n) is 12.7. The van der Waals surface area contributed by atoms with Gasteiger partial charge in [-0.3, -0.25) is 14.5 Å². The van der Waals surface area contributed by atoms with Crippen LogP contribution in [0.3, 0.4) is 0 Å². The van der Waals surface area contributed by atoms with E-state index in [2.05, 4.69) is 5.32 Å². The lowest BCUT2D eigenvalue weighted by Crippen LogP contribution is -2.43. The fourth-order valence-electron chi connectivity index (χ4n) is 1.85. The molecule has 0 spiro atoms. The molecule has 118 valence electrons. The predicted molar refractivity (Wildman–Crippen MR) is 83.5 cm³/mol. The quantitative estimate of drug-likeness (QED) is 0.708. The first-order valence-electron chi connectivity index (χ1n) is 6.80. The number of thiophene rings is 1. The highest BCUT2D eigenvalue weighted by atomic mass is 32.1. The summed E-state index contributed by atoms with van der Waals surface area (Å²) in [5, 5.41) is 13.8. The smallest absolute Gasteiger partial charge is 0.317 e. The number of carboxylic acids is 1. The molecule has 1 heterocycles. The van der Waals surface area contributed by atoms with Crippen LogP contribution in [0, 0.1) is 0 Å². The van der Waals surface area contributed by atoms with Crippen LogP contribution < -0.4 is 5.32 Å². The second kappa shape index (κ2) is 8.76. The van der Waals surface area contributed by atoms with Gasteiger partial charge in [-0.15, -0.1) is 11.3 Å². The minimum absolute atomic E-state index is 0.0574. The maximum atomic E-state index is 12.0. The van der Waals surface area contributed by atoms with Gasteiger partial charge in [-0.1, -0.05) is 6.07 Å². The summed E-state index contributed by atoms with van der Waals surface area (Å²) in [5.74, 6) is -1.08. The molecule has 1 amide bonds. The zero-order chi connectivity index (χ0) is 15.8. The van der Waals surface area contributed by atoms with Crippen LogP contribution in [0.15, 0.2) is 17.5 Å². The normalized spacial score (nSPS) is 12.6. The summed E-state index contributed by atoms with van der Waals surface area (Å²) in [6.07, 6.45) is 0. The molecule has 7 heteroatoms. The van der Waals surface area contributed by atoms with Crippen molar-refractivity contribution >= 4 is 23.2 Å². The first-order chi connectivity index (χ1) is 9.88. The van der Waals surface area contributed by atoms with E-state index in [1.165, 1.54) is 0 Å². The van der Waals surface area contributed by atoms with Crippen LogP contribution in [0.1, 0.15) is 17.8 Å². The highest BCUT2D eigenvalue weighted by molar-refractivity contribution is 7.10. The highest BCUT2D eigenvalue weighted by Gasteiger charge is 2.16. The van der Waals surface area contributed by atoms with Crippen molar-refractivity contribution in [3.63, 3.8) is 0 Å². The number of aliphatic carboxylic acids is 1. The Morgan fingerprint density at radius 2 is 2.05 bits per heavy atom. The summed E-state index contributed by atoms with van der Waals surface area (Å²) in [6, 6.07) is 3.85. The van der Waals surface area contributed by atoms with Gasteiger partial charge in [0.2, 0.25) is 5.91 Å². The molecule has 2 N–H and O–H groups in total. The number of hydrogen-bond donors (Lipinski definition) is 2. The Bertz CT molecular complexity index is 448. The molecule has 1 rings (SSSR count). The number of hydrogen-bond acceptors (Lipinski definition) is 5. The first-order valence-corrected chi connectivity index (χ1v) is 7.68. The molecular formula is C14H23N3O3S. The van der Waals surface area contributed by atoms with Gasteiger partial charge in [0.1, 0.15) is 0 Å². The second-order valence-corrected chi connectivity index (χ2v) is 6.19. The fraction of sp³-hybridized carbons (Fsp3) is 0.571. The first kappa shape index (κ1) is 17.6. The minimum Gasteiger partial charge on any atom is -0.480 e. The van der Waals surface area contributed by atoms with Gasteiger partial charge in [-0.05, 0) is 32.5 Å². The van der Waals surface area contributed by atoms with Crippen molar-refractivity contribution in [1.29, 1.82) is 0 Å². The second-order valence-electron chi connectivity index (χ2n) is 5.21. The summed E-state index contributed by atoms with van der Waals surface area (Å²) in [7, 11) is 3.83. The number of carbonyl (C=O) groups is 2. The van der Waals surface area contributed by atoms with Crippen LogP contribution in [0.4, 0.5) is 0 Å². The third-order valence-electron chi connectivity index (χ3n) is 2.94. The summed E-state index contributed by atoms with van der Waals surface area (Å²) >= 11 is 1.59. The molecule has 0 saturated carbocycles. The number of likely N-dealkylation sites (N-methyl/N-ethyl adjacent to an activating group) is 1. The molecule has 0 aromatic carbocycles. The molecule has 0 aliphatic heterocycles. The van der Waals surface area contributed by atoms with Gasteiger partial charge in [0.25, 0.3) is 0 Å². The third kappa shape index (κ3) is 7.22. The van der Waals surface area contributed by atoms with Crippen molar-refractivity contribution in [3.8, 4) is 0 Å². The minimum atomic E-state index is -0.923. The molecule has 0 aliphatic rings. The summed E-state index contributed by atoms with van der Waals surface area (Å²) in [6.45, 7) is 3.14. The Morgan fingerprint density at radius 1 is 1.33 bits per heavy atom. The van der Waals surface area contributed by atoms with Gasteiger partial charge >= 0.3 is 5.97 Å². The monoisotopic (exact) mass is 313 g/mol. The maximum absolute atomic E-state index is 12.0. The zero-order valence-corrected chi connectivity index (χ0v) is 13.5. The number of amides is 1. The number of carbonyl (C=O) groups excluding carboxylic acids is 1. The Labute approximate surface area is 129 Å². The third-order valence-corrected chi connectivity index (χ3v) is 3.99. The predicted octanol–water partition coefficient (Wildman–Crippen LogP) is 0.874. The molecule has 1 unspecified atom stereocenters. The highest BCUT2D eigenvalue weighted by Crippen LogP contribution is 2.17. The van der Waals surface area contributed by atoms with Crippen molar-refractivity contribution in [3.05, 3.63) is 22.4 Å². The summed E-state index contributed by atoms with van der Waals surface area (Å²) in [4.78, 5) is 27.6. The average Bonchev–Trinajstić information content (AvgIpc) is 2.88. The topological polar surface area (TPSA) is 72.9 Å². The van der Waals surface area contributed by atoms with E-state index in [1.807, 2.05) is 43.4 Å². The lowest BCUT2D eigenvalue weighted by atomic mass is 10.2. The Hall–Kier alpha value is -1.44. The number of carboxylic acid groups (broad SMARTS) is 1. The molecule has 0 radical (unpaired) electrons. The van der Waals surface area contributed by atoms with Gasteiger partial charge in [0, 0.05) is 18.0 Å². The molecule has 0 aliphatic carbocycles. The molecule has 6 nitrogen and oxygen atoms in total. The number of nitrogens with zero attached hydrogens (tertiary/aromatic N) is 2. The van der Waals surface area contributed by atoms with Crippen LogP contribution in [0.25, 0.3) is 0 Å². The van der Waals surface area contributed by atoms with Gasteiger partial charge in [-0.2, -0.15) is 0 Å². The van der Waals surface area contributed by atoms with Gasteiger partial charge in [0.05, 0.1) is 19.1 Å². The van der Waals surface area contributed by atoms with E-state index in [4.69, 9.17) is 5.11 Å².